The highest BCUT2D eigenvalue weighted by Gasteiger charge is 2.38. The van der Waals surface area contributed by atoms with Crippen LogP contribution in [0, 0.1) is 0 Å². The molecular weight excluding hydrogens is 211 g/mol. The summed E-state index contributed by atoms with van der Waals surface area (Å²) >= 11 is 0. The Kier molecular flexibility index (Phi) is 2.12. The van der Waals surface area contributed by atoms with Crippen LogP contribution >= 0.6 is 7.44 Å². The number of carbonyl (C=O) groups is 1. The molecule has 0 aromatic heterocycles. The van der Waals surface area contributed by atoms with Gasteiger partial charge in [-0.15, -0.1) is 0 Å². The monoisotopic (exact) mass is 224 g/mol. The van der Waals surface area contributed by atoms with E-state index in [4.69, 9.17) is 0 Å². The molecule has 1 atom stereocenters. The zero-order chi connectivity index (χ0) is 11.2. The molecule has 1 aromatic carbocycles. The largest absolute Gasteiger partial charge is 0.309 e. The maximum Gasteiger partial charge on any atom is 0.262 e. The van der Waals surface area contributed by atoms with Crippen molar-refractivity contribution in [2.45, 2.75) is 0 Å². The van der Waals surface area contributed by atoms with E-state index in [1.165, 1.54) is 4.67 Å². The molecule has 4 nitrogen and oxygen atoms in total. The van der Waals surface area contributed by atoms with Crippen LogP contribution in [0.1, 0.15) is 10.4 Å². The molecule has 1 aromatic rings. The van der Waals surface area contributed by atoms with E-state index in [1.54, 1.807) is 31.5 Å². The molecule has 1 amide bonds. The Morgan fingerprint density at radius 2 is 1.73 bits per heavy atom. The molecule has 0 spiro atoms. The highest BCUT2D eigenvalue weighted by Crippen LogP contribution is 2.54. The number of anilines is 1. The van der Waals surface area contributed by atoms with Gasteiger partial charge in [0.05, 0.1) is 11.3 Å². The molecule has 0 bridgehead atoms. The van der Waals surface area contributed by atoms with Gasteiger partial charge in [-0.25, -0.2) is 0 Å². The summed E-state index contributed by atoms with van der Waals surface area (Å²) in [5.74, 6) is -0.172. The number of hydrogen-bond acceptors (Lipinski definition) is 2. The van der Waals surface area contributed by atoms with Crippen molar-refractivity contribution in [3.8, 4) is 0 Å². The molecule has 1 unspecified atom stereocenters. The average molecular weight is 224 g/mol. The fraction of sp³-hybridized carbons (Fsp3) is 0.300. The number of nitrogens with zero attached hydrogens (tertiary/aromatic N) is 2. The quantitative estimate of drug-likeness (QED) is 0.633. The molecule has 0 fully saturated rings. The predicted molar refractivity (Wildman–Crippen MR) is 60.5 cm³/mol. The molecule has 1 aliphatic heterocycles. The van der Waals surface area contributed by atoms with Gasteiger partial charge in [0.1, 0.15) is 0 Å². The summed E-state index contributed by atoms with van der Waals surface area (Å²) in [5.41, 5.74) is 1.35. The molecule has 1 aliphatic rings. The highest BCUT2D eigenvalue weighted by molar-refractivity contribution is 7.63. The Balaban J connectivity index is 2.68. The topological polar surface area (TPSA) is 40.6 Å². The molecule has 80 valence electrons. The van der Waals surface area contributed by atoms with Crippen molar-refractivity contribution in [1.29, 1.82) is 0 Å². The van der Waals surface area contributed by atoms with Gasteiger partial charge in [-0.3, -0.25) is 14.0 Å². The highest BCUT2D eigenvalue weighted by atomic mass is 31.2. The predicted octanol–water partition coefficient (Wildman–Crippen LogP) is 2.03. The summed E-state index contributed by atoms with van der Waals surface area (Å²) < 4.78 is 15.3. The molecule has 15 heavy (non-hydrogen) atoms. The minimum absolute atomic E-state index is 0.172. The maximum absolute atomic E-state index is 12.3. The van der Waals surface area contributed by atoms with E-state index in [1.807, 2.05) is 18.2 Å². The van der Waals surface area contributed by atoms with Crippen LogP contribution in [0.25, 0.3) is 0 Å². The molecule has 0 saturated heterocycles. The summed E-state index contributed by atoms with van der Waals surface area (Å²) in [6.07, 6.45) is 0. The first-order valence-electron chi connectivity index (χ1n) is 4.65. The Morgan fingerprint density at radius 1 is 1.13 bits per heavy atom. The van der Waals surface area contributed by atoms with Crippen molar-refractivity contribution in [1.82, 2.24) is 4.67 Å². The van der Waals surface area contributed by atoms with Crippen LogP contribution in [0.3, 0.4) is 0 Å². The minimum Gasteiger partial charge on any atom is -0.309 e. The Bertz CT molecular complexity index is 472. The average Bonchev–Trinajstić information content (AvgIpc) is 2.24. The smallest absolute Gasteiger partial charge is 0.262 e. The van der Waals surface area contributed by atoms with Crippen molar-refractivity contribution >= 4 is 19.0 Å². The van der Waals surface area contributed by atoms with Crippen molar-refractivity contribution in [2.75, 3.05) is 25.4 Å². The number of amides is 1. The van der Waals surface area contributed by atoms with Crippen LogP contribution in [0.2, 0.25) is 0 Å². The third-order valence-electron chi connectivity index (χ3n) is 2.89. The van der Waals surface area contributed by atoms with Crippen molar-refractivity contribution < 1.29 is 9.36 Å². The van der Waals surface area contributed by atoms with Gasteiger partial charge in [0.15, 0.2) is 0 Å². The molecule has 0 saturated carbocycles. The lowest BCUT2D eigenvalue weighted by Gasteiger charge is -2.39. The summed E-state index contributed by atoms with van der Waals surface area (Å²) in [5, 5.41) is 0. The molecular formula is C10H13N2O2P. The second-order valence-corrected chi connectivity index (χ2v) is 6.58. The zero-order valence-electron chi connectivity index (χ0n) is 8.97. The summed E-state index contributed by atoms with van der Waals surface area (Å²) in [4.78, 5) is 11.9. The van der Waals surface area contributed by atoms with Crippen LogP contribution in [0.15, 0.2) is 24.3 Å². The van der Waals surface area contributed by atoms with Crippen molar-refractivity contribution in [2.24, 2.45) is 0 Å². The van der Waals surface area contributed by atoms with Gasteiger partial charge in [-0.05, 0) is 12.1 Å². The lowest BCUT2D eigenvalue weighted by atomic mass is 10.1. The number of hydrogen-bond donors (Lipinski definition) is 0. The van der Waals surface area contributed by atoms with Gasteiger partial charge < -0.3 is 4.67 Å². The first kappa shape index (κ1) is 10.2. The molecule has 0 aliphatic carbocycles. The Hall–Kier alpha value is -1.28. The van der Waals surface area contributed by atoms with E-state index in [-0.39, 0.29) is 5.91 Å². The molecule has 2 rings (SSSR count). The summed E-state index contributed by atoms with van der Waals surface area (Å²) in [6.45, 7) is 1.60. The first-order chi connectivity index (χ1) is 6.96. The second kappa shape index (κ2) is 3.11. The second-order valence-electron chi connectivity index (χ2n) is 3.70. The van der Waals surface area contributed by atoms with E-state index in [9.17, 15) is 9.36 Å². The Labute approximate surface area is 89.0 Å². The number of rotatable bonds is 0. The number of carbonyl (C=O) groups excluding carboxylic acids is 1. The molecule has 0 N–H and O–H groups in total. The van der Waals surface area contributed by atoms with Crippen molar-refractivity contribution in [3.05, 3.63) is 29.8 Å². The molecule has 0 radical (unpaired) electrons. The normalized spacial score (nSPS) is 25.4. The third kappa shape index (κ3) is 1.29. The van der Waals surface area contributed by atoms with Crippen LogP contribution in [-0.4, -0.2) is 31.3 Å². The van der Waals surface area contributed by atoms with Gasteiger partial charge in [-0.2, -0.15) is 0 Å². The summed E-state index contributed by atoms with van der Waals surface area (Å²) in [7, 11) is 0.591. The maximum atomic E-state index is 12.3. The third-order valence-corrected chi connectivity index (χ3v) is 5.51. The van der Waals surface area contributed by atoms with Crippen molar-refractivity contribution in [3.63, 3.8) is 0 Å². The number of fused-ring (bicyclic) bond motifs is 1. The number of benzene rings is 1. The lowest BCUT2D eigenvalue weighted by Crippen LogP contribution is -2.36. The molecule has 5 heteroatoms. The van der Waals surface area contributed by atoms with Gasteiger partial charge in [0.2, 0.25) is 0 Å². The fourth-order valence-corrected chi connectivity index (χ4v) is 3.10. The van der Waals surface area contributed by atoms with Gasteiger partial charge >= 0.3 is 0 Å². The van der Waals surface area contributed by atoms with Gasteiger partial charge in [0, 0.05) is 20.8 Å². The van der Waals surface area contributed by atoms with E-state index in [0.717, 1.165) is 5.69 Å². The Morgan fingerprint density at radius 3 is 2.40 bits per heavy atom. The first-order valence-corrected chi connectivity index (χ1v) is 6.71. The zero-order valence-corrected chi connectivity index (χ0v) is 9.86. The lowest BCUT2D eigenvalue weighted by molar-refractivity contribution is 0.0878. The standard InChI is InChI=1S/C10H13N2O2P/c1-11-9-7-5-4-6-8(9)10(13)12(2)15(11,3)14/h4-7H,1-3H3. The van der Waals surface area contributed by atoms with Crippen LogP contribution < -0.4 is 4.67 Å². The van der Waals surface area contributed by atoms with E-state index in [2.05, 4.69) is 0 Å². The van der Waals surface area contributed by atoms with E-state index in [0.29, 0.717) is 5.56 Å². The van der Waals surface area contributed by atoms with E-state index < -0.39 is 7.44 Å². The van der Waals surface area contributed by atoms with Gasteiger partial charge in [0.25, 0.3) is 13.4 Å². The summed E-state index contributed by atoms with van der Waals surface area (Å²) in [6, 6.07) is 7.22. The minimum atomic E-state index is -2.74. The fourth-order valence-electron chi connectivity index (χ4n) is 1.68. The van der Waals surface area contributed by atoms with Crippen LogP contribution in [-0.2, 0) is 4.57 Å². The van der Waals surface area contributed by atoms with Gasteiger partial charge in [-0.1, -0.05) is 12.1 Å². The molecule has 1 heterocycles. The SMILES string of the molecule is CN1C(=O)c2ccccc2N(C)P1(C)=O. The van der Waals surface area contributed by atoms with E-state index >= 15 is 0 Å². The van der Waals surface area contributed by atoms with Crippen LogP contribution in [0.4, 0.5) is 5.69 Å². The number of para-hydroxylation sites is 1. The van der Waals surface area contributed by atoms with Crippen LogP contribution in [0.5, 0.6) is 0 Å².